The van der Waals surface area contributed by atoms with E-state index in [9.17, 15) is 9.59 Å². The van der Waals surface area contributed by atoms with Crippen molar-refractivity contribution < 1.29 is 14.7 Å². The molecule has 0 atom stereocenters. The molecule has 0 aliphatic carbocycles. The average Bonchev–Trinajstić information content (AvgIpc) is 2.55. The zero-order chi connectivity index (χ0) is 11.5. The second kappa shape index (κ2) is 4.28. The van der Waals surface area contributed by atoms with Gasteiger partial charge in [-0.1, -0.05) is 18.2 Å². The maximum absolute atomic E-state index is 11.3. The molecule has 0 unspecified atom stereocenters. The van der Waals surface area contributed by atoms with Gasteiger partial charge in [0.25, 0.3) is 11.7 Å². The van der Waals surface area contributed by atoms with Gasteiger partial charge in [-0.2, -0.15) is 0 Å². The quantitative estimate of drug-likeness (QED) is 0.748. The minimum atomic E-state index is -0.577. The molecule has 4 nitrogen and oxygen atoms in total. The molecule has 0 saturated heterocycles. The highest BCUT2D eigenvalue weighted by Crippen LogP contribution is 2.24. The van der Waals surface area contributed by atoms with Crippen LogP contribution in [0.3, 0.4) is 0 Å². The highest BCUT2D eigenvalue weighted by Gasteiger charge is 2.27. The van der Waals surface area contributed by atoms with Gasteiger partial charge in [0, 0.05) is 6.61 Å². The molecule has 0 radical (unpaired) electrons. The van der Waals surface area contributed by atoms with E-state index in [2.05, 4.69) is 5.32 Å². The van der Waals surface area contributed by atoms with Crippen molar-refractivity contribution in [2.75, 3.05) is 11.9 Å². The molecule has 1 aliphatic rings. The molecule has 0 saturated carbocycles. The minimum absolute atomic E-state index is 0.108. The monoisotopic (exact) mass is 217 g/mol. The van der Waals surface area contributed by atoms with E-state index in [1.807, 2.05) is 12.2 Å². The van der Waals surface area contributed by atoms with Crippen LogP contribution in [-0.4, -0.2) is 23.4 Å². The van der Waals surface area contributed by atoms with Gasteiger partial charge < -0.3 is 10.4 Å². The Balaban J connectivity index is 2.25. The molecule has 2 N–H and O–H groups in total. The predicted octanol–water partition coefficient (Wildman–Crippen LogP) is 1.22. The Morgan fingerprint density at radius 2 is 2.12 bits per heavy atom. The van der Waals surface area contributed by atoms with Gasteiger partial charge in [0.1, 0.15) is 0 Å². The van der Waals surface area contributed by atoms with Crippen LogP contribution in [0, 0.1) is 0 Å². The second-order valence-corrected chi connectivity index (χ2v) is 3.50. The standard InChI is InChI=1S/C12H11NO3/c14-6-2-1-3-8-4-5-9-10(7-8)13-12(16)11(9)15/h1,3-5,7,14H,2,6H2,(H,13,15,16). The van der Waals surface area contributed by atoms with Gasteiger partial charge >= 0.3 is 0 Å². The summed E-state index contributed by atoms with van der Waals surface area (Å²) in [7, 11) is 0. The lowest BCUT2D eigenvalue weighted by Gasteiger charge is -1.98. The van der Waals surface area contributed by atoms with Crippen LogP contribution in [0.4, 0.5) is 5.69 Å². The first-order valence-corrected chi connectivity index (χ1v) is 4.99. The van der Waals surface area contributed by atoms with E-state index in [0.717, 1.165) is 5.56 Å². The molecular weight excluding hydrogens is 206 g/mol. The lowest BCUT2D eigenvalue weighted by molar-refractivity contribution is -0.112. The number of benzene rings is 1. The number of fused-ring (bicyclic) bond motifs is 1. The van der Waals surface area contributed by atoms with E-state index >= 15 is 0 Å². The average molecular weight is 217 g/mol. The van der Waals surface area contributed by atoms with E-state index in [1.165, 1.54) is 0 Å². The van der Waals surface area contributed by atoms with Crippen LogP contribution < -0.4 is 5.32 Å². The molecule has 16 heavy (non-hydrogen) atoms. The first-order valence-electron chi connectivity index (χ1n) is 4.99. The summed E-state index contributed by atoms with van der Waals surface area (Å²) in [5, 5.41) is 11.1. The molecule has 0 fully saturated rings. The van der Waals surface area contributed by atoms with Crippen molar-refractivity contribution in [2.24, 2.45) is 0 Å². The van der Waals surface area contributed by atoms with Gasteiger partial charge in [0.15, 0.2) is 0 Å². The van der Waals surface area contributed by atoms with Gasteiger partial charge in [-0.15, -0.1) is 0 Å². The number of carbonyl (C=O) groups is 2. The van der Waals surface area contributed by atoms with Crippen LogP contribution in [0.15, 0.2) is 24.3 Å². The maximum atomic E-state index is 11.3. The molecule has 0 spiro atoms. The lowest BCUT2D eigenvalue weighted by atomic mass is 10.1. The number of hydrogen-bond donors (Lipinski definition) is 2. The Morgan fingerprint density at radius 1 is 1.31 bits per heavy atom. The molecule has 1 aromatic rings. The normalized spacial score (nSPS) is 14.3. The number of anilines is 1. The third-order valence-corrected chi connectivity index (χ3v) is 2.35. The Morgan fingerprint density at radius 3 is 2.88 bits per heavy atom. The number of Topliss-reactive ketones (excluding diaryl/α,β-unsaturated/α-hetero) is 1. The van der Waals surface area contributed by atoms with Crippen molar-refractivity contribution in [3.8, 4) is 0 Å². The first kappa shape index (κ1) is 10.6. The van der Waals surface area contributed by atoms with Gasteiger partial charge in [0.2, 0.25) is 0 Å². The van der Waals surface area contributed by atoms with Crippen molar-refractivity contribution in [2.45, 2.75) is 6.42 Å². The van der Waals surface area contributed by atoms with E-state index in [4.69, 9.17) is 5.11 Å². The molecule has 2 rings (SSSR count). The van der Waals surface area contributed by atoms with Crippen LogP contribution in [0.1, 0.15) is 22.3 Å². The van der Waals surface area contributed by atoms with Crippen LogP contribution in [-0.2, 0) is 4.79 Å². The highest BCUT2D eigenvalue weighted by molar-refractivity contribution is 6.51. The molecule has 4 heteroatoms. The third kappa shape index (κ3) is 1.87. The lowest BCUT2D eigenvalue weighted by Crippen LogP contribution is -2.12. The number of nitrogens with one attached hydrogen (secondary N) is 1. The largest absolute Gasteiger partial charge is 0.396 e. The summed E-state index contributed by atoms with van der Waals surface area (Å²) >= 11 is 0. The van der Waals surface area contributed by atoms with Crippen molar-refractivity contribution in [3.05, 3.63) is 35.4 Å². The molecule has 0 aromatic heterocycles. The SMILES string of the molecule is O=C1Nc2cc(C=CCCO)ccc2C1=O. The van der Waals surface area contributed by atoms with E-state index < -0.39 is 11.7 Å². The number of rotatable bonds is 3. The fourth-order valence-electron chi connectivity index (χ4n) is 1.56. The molecule has 1 amide bonds. The summed E-state index contributed by atoms with van der Waals surface area (Å²) in [6.45, 7) is 0.108. The Kier molecular flexibility index (Phi) is 2.83. The van der Waals surface area contributed by atoms with E-state index in [1.54, 1.807) is 18.2 Å². The third-order valence-electron chi connectivity index (χ3n) is 2.35. The maximum Gasteiger partial charge on any atom is 0.296 e. The van der Waals surface area contributed by atoms with E-state index in [0.29, 0.717) is 17.7 Å². The molecule has 1 aromatic carbocycles. The van der Waals surface area contributed by atoms with Crippen LogP contribution >= 0.6 is 0 Å². The number of aliphatic hydroxyl groups is 1. The van der Waals surface area contributed by atoms with Gasteiger partial charge in [-0.05, 0) is 24.1 Å². The van der Waals surface area contributed by atoms with Crippen molar-refractivity contribution in [3.63, 3.8) is 0 Å². The topological polar surface area (TPSA) is 66.4 Å². The molecular formula is C12H11NO3. The summed E-state index contributed by atoms with van der Waals surface area (Å²) in [6.07, 6.45) is 4.26. The number of aliphatic hydroxyl groups excluding tert-OH is 1. The van der Waals surface area contributed by atoms with Crippen molar-refractivity contribution >= 4 is 23.5 Å². The Hall–Kier alpha value is -1.94. The number of carbonyl (C=O) groups excluding carboxylic acids is 2. The number of ketones is 1. The predicted molar refractivity (Wildman–Crippen MR) is 60.1 cm³/mol. The minimum Gasteiger partial charge on any atom is -0.396 e. The molecule has 82 valence electrons. The molecule has 1 heterocycles. The molecule has 0 bridgehead atoms. The Bertz CT molecular complexity index is 477. The fourth-order valence-corrected chi connectivity index (χ4v) is 1.56. The zero-order valence-corrected chi connectivity index (χ0v) is 8.56. The summed E-state index contributed by atoms with van der Waals surface area (Å²) in [5.74, 6) is -1.06. The van der Waals surface area contributed by atoms with Gasteiger partial charge in [0.05, 0.1) is 11.3 Å². The fraction of sp³-hybridized carbons (Fsp3) is 0.167. The second-order valence-electron chi connectivity index (χ2n) is 3.50. The van der Waals surface area contributed by atoms with Gasteiger partial charge in [-0.25, -0.2) is 0 Å². The van der Waals surface area contributed by atoms with E-state index in [-0.39, 0.29) is 6.61 Å². The van der Waals surface area contributed by atoms with Crippen LogP contribution in [0.5, 0.6) is 0 Å². The summed E-state index contributed by atoms with van der Waals surface area (Å²) < 4.78 is 0. The van der Waals surface area contributed by atoms with Crippen LogP contribution in [0.25, 0.3) is 6.08 Å². The first-order chi connectivity index (χ1) is 7.72. The highest BCUT2D eigenvalue weighted by atomic mass is 16.2. The van der Waals surface area contributed by atoms with Gasteiger partial charge in [-0.3, -0.25) is 9.59 Å². The zero-order valence-electron chi connectivity index (χ0n) is 8.56. The number of amides is 1. The van der Waals surface area contributed by atoms with Crippen molar-refractivity contribution in [1.29, 1.82) is 0 Å². The summed E-state index contributed by atoms with van der Waals surface area (Å²) in [6, 6.07) is 5.14. The summed E-state index contributed by atoms with van der Waals surface area (Å²) in [5.41, 5.74) is 1.87. The Labute approximate surface area is 92.6 Å². The smallest absolute Gasteiger partial charge is 0.296 e. The van der Waals surface area contributed by atoms with Crippen LogP contribution in [0.2, 0.25) is 0 Å². The molecule has 1 aliphatic heterocycles. The van der Waals surface area contributed by atoms with Crippen molar-refractivity contribution in [1.82, 2.24) is 0 Å². The number of hydrogen-bond acceptors (Lipinski definition) is 3. The summed E-state index contributed by atoms with van der Waals surface area (Å²) in [4.78, 5) is 22.4.